The van der Waals surface area contributed by atoms with Crippen LogP contribution in [0.25, 0.3) is 0 Å². The lowest BCUT2D eigenvalue weighted by atomic mass is 9.98. The maximum atomic E-state index is 10.6. The highest BCUT2D eigenvalue weighted by Crippen LogP contribution is 2.33. The van der Waals surface area contributed by atoms with Crippen LogP contribution in [-0.4, -0.2) is 65.7 Å². The molecule has 0 unspecified atom stereocenters. The molecule has 7 nitrogen and oxygen atoms in total. The highest BCUT2D eigenvalue weighted by atomic mass is 16.5. The average Bonchev–Trinajstić information content (AvgIpc) is 3.30. The van der Waals surface area contributed by atoms with Crippen molar-refractivity contribution in [2.24, 2.45) is 0 Å². The second-order valence-electron chi connectivity index (χ2n) is 7.29. The zero-order valence-corrected chi connectivity index (χ0v) is 15.1. The summed E-state index contributed by atoms with van der Waals surface area (Å²) < 4.78 is 5.49. The second kappa shape index (κ2) is 8.29. The summed E-state index contributed by atoms with van der Waals surface area (Å²) in [4.78, 5) is 11.3. The minimum atomic E-state index is -0.513. The summed E-state index contributed by atoms with van der Waals surface area (Å²) in [6.45, 7) is 2.69. The van der Waals surface area contributed by atoms with E-state index in [1.807, 2.05) is 13.1 Å². The van der Waals surface area contributed by atoms with Crippen molar-refractivity contribution >= 4 is 11.8 Å². The molecule has 0 amide bonds. The molecule has 2 heterocycles. The monoisotopic (exact) mass is 350 g/mol. The van der Waals surface area contributed by atoms with Crippen molar-refractivity contribution in [1.82, 2.24) is 9.97 Å². The van der Waals surface area contributed by atoms with Gasteiger partial charge in [-0.3, -0.25) is 0 Å². The molecule has 1 aliphatic heterocycles. The molecule has 7 heteroatoms. The number of hydrogen-bond acceptors (Lipinski definition) is 7. The fourth-order valence-electron chi connectivity index (χ4n) is 3.65. The third-order valence-corrected chi connectivity index (χ3v) is 5.31. The summed E-state index contributed by atoms with van der Waals surface area (Å²) in [5.41, 5.74) is 0.468. The minimum Gasteiger partial charge on any atom is -0.395 e. The molecule has 3 N–H and O–H groups in total. The highest BCUT2D eigenvalue weighted by molar-refractivity contribution is 5.45. The van der Waals surface area contributed by atoms with Crippen LogP contribution in [0.2, 0.25) is 0 Å². The van der Waals surface area contributed by atoms with Gasteiger partial charge in [-0.05, 0) is 25.7 Å². The molecule has 25 heavy (non-hydrogen) atoms. The third-order valence-electron chi connectivity index (χ3n) is 5.31. The fourth-order valence-corrected chi connectivity index (χ4v) is 3.65. The number of hydrogen-bond donors (Lipinski definition) is 3. The molecule has 1 aromatic rings. The molecule has 3 rings (SSSR count). The molecule has 140 valence electrons. The normalized spacial score (nSPS) is 22.3. The maximum Gasteiger partial charge on any atom is 0.224 e. The molecular weight excluding hydrogens is 320 g/mol. The molecule has 1 aromatic heterocycles. The maximum absolute atomic E-state index is 10.6. The number of nitrogens with one attached hydrogen (secondary N) is 1. The van der Waals surface area contributed by atoms with E-state index in [0.29, 0.717) is 25.0 Å². The van der Waals surface area contributed by atoms with Crippen molar-refractivity contribution in [3.63, 3.8) is 0 Å². The van der Waals surface area contributed by atoms with Crippen LogP contribution >= 0.6 is 0 Å². The zero-order valence-electron chi connectivity index (χ0n) is 15.1. The number of nitrogens with zero attached hydrogens (tertiary/aromatic N) is 3. The Balaban J connectivity index is 1.71. The Kier molecular flexibility index (Phi) is 6.09. The number of ether oxygens (including phenoxy) is 1. The van der Waals surface area contributed by atoms with Crippen molar-refractivity contribution in [2.45, 2.75) is 50.0 Å². The van der Waals surface area contributed by atoms with E-state index in [1.165, 1.54) is 0 Å². The molecule has 2 fully saturated rings. The van der Waals surface area contributed by atoms with Crippen LogP contribution in [0, 0.1) is 0 Å². The molecule has 1 aliphatic carbocycles. The van der Waals surface area contributed by atoms with Gasteiger partial charge in [-0.25, -0.2) is 4.98 Å². The SMILES string of the molecule is CN(CCC1(O)CCCC1)c1cc([C@@H]2CCOC2)nc(NCCO)n1. The number of aliphatic hydroxyl groups is 2. The van der Waals surface area contributed by atoms with Gasteiger partial charge < -0.3 is 25.2 Å². The summed E-state index contributed by atoms with van der Waals surface area (Å²) >= 11 is 0. The molecule has 0 aromatic carbocycles. The fraction of sp³-hybridized carbons (Fsp3) is 0.778. The number of anilines is 2. The lowest BCUT2D eigenvalue weighted by Gasteiger charge is -2.27. The van der Waals surface area contributed by atoms with Gasteiger partial charge in [-0.2, -0.15) is 4.98 Å². The zero-order chi connectivity index (χ0) is 17.7. The van der Waals surface area contributed by atoms with Crippen LogP contribution < -0.4 is 10.2 Å². The van der Waals surface area contributed by atoms with E-state index < -0.39 is 5.60 Å². The predicted molar refractivity (Wildman–Crippen MR) is 97.1 cm³/mol. The Labute approximate surface area is 149 Å². The van der Waals surface area contributed by atoms with E-state index >= 15 is 0 Å². The molecule has 0 bridgehead atoms. The predicted octanol–water partition coefficient (Wildman–Crippen LogP) is 1.52. The van der Waals surface area contributed by atoms with E-state index in [-0.39, 0.29) is 6.61 Å². The van der Waals surface area contributed by atoms with Crippen LogP contribution in [0.4, 0.5) is 11.8 Å². The van der Waals surface area contributed by atoms with Crippen molar-refractivity contribution in [3.8, 4) is 0 Å². The molecular formula is C18H30N4O3. The Hall–Kier alpha value is -1.44. The molecule has 1 atom stereocenters. The van der Waals surface area contributed by atoms with Gasteiger partial charge in [0.25, 0.3) is 0 Å². The number of aliphatic hydroxyl groups excluding tert-OH is 1. The standard InChI is InChI=1S/C18H30N4O3/c1-22(9-7-18(24)5-2-3-6-18)16-12-15(14-4-11-25-13-14)20-17(21-16)19-8-10-23/h12,14,23-24H,2-11,13H2,1H3,(H,19,20,21)/t14-/m1/s1. The second-order valence-corrected chi connectivity index (χ2v) is 7.29. The van der Waals surface area contributed by atoms with E-state index in [9.17, 15) is 5.11 Å². The molecule has 1 saturated heterocycles. The largest absolute Gasteiger partial charge is 0.395 e. The Bertz CT molecular complexity index is 557. The van der Waals surface area contributed by atoms with Crippen molar-refractivity contribution < 1.29 is 14.9 Å². The molecule has 1 saturated carbocycles. The van der Waals surface area contributed by atoms with E-state index in [1.54, 1.807) is 0 Å². The quantitative estimate of drug-likeness (QED) is 0.655. The van der Waals surface area contributed by atoms with Crippen LogP contribution in [-0.2, 0) is 4.74 Å². The first-order chi connectivity index (χ1) is 12.1. The summed E-state index contributed by atoms with van der Waals surface area (Å²) in [5, 5.41) is 22.7. The summed E-state index contributed by atoms with van der Waals surface area (Å²) in [5.74, 6) is 1.68. The molecule has 0 radical (unpaired) electrons. The summed E-state index contributed by atoms with van der Waals surface area (Å²) in [6.07, 6.45) is 5.77. The Morgan fingerprint density at radius 2 is 2.16 bits per heavy atom. The van der Waals surface area contributed by atoms with Crippen molar-refractivity contribution in [2.75, 3.05) is 50.2 Å². The smallest absolute Gasteiger partial charge is 0.224 e. The Morgan fingerprint density at radius 1 is 1.36 bits per heavy atom. The van der Waals surface area contributed by atoms with Gasteiger partial charge >= 0.3 is 0 Å². The first-order valence-electron chi connectivity index (χ1n) is 9.35. The van der Waals surface area contributed by atoms with Gasteiger partial charge in [0.05, 0.1) is 24.5 Å². The van der Waals surface area contributed by atoms with Crippen LogP contribution in [0.5, 0.6) is 0 Å². The lowest BCUT2D eigenvalue weighted by Crippen LogP contribution is -2.31. The van der Waals surface area contributed by atoms with Gasteiger partial charge in [-0.1, -0.05) is 12.8 Å². The number of rotatable bonds is 8. The van der Waals surface area contributed by atoms with Gasteiger partial charge in [0, 0.05) is 38.7 Å². The van der Waals surface area contributed by atoms with E-state index in [0.717, 1.165) is 63.2 Å². The summed E-state index contributed by atoms with van der Waals surface area (Å²) in [7, 11) is 2.01. The number of aromatic nitrogens is 2. The highest BCUT2D eigenvalue weighted by Gasteiger charge is 2.31. The third kappa shape index (κ3) is 4.80. The van der Waals surface area contributed by atoms with Crippen molar-refractivity contribution in [1.29, 1.82) is 0 Å². The topological polar surface area (TPSA) is 90.7 Å². The van der Waals surface area contributed by atoms with E-state index in [2.05, 4.69) is 20.2 Å². The van der Waals surface area contributed by atoms with Gasteiger partial charge in [-0.15, -0.1) is 0 Å². The van der Waals surface area contributed by atoms with Crippen LogP contribution in [0.1, 0.15) is 50.1 Å². The average molecular weight is 350 g/mol. The first kappa shape index (κ1) is 18.4. The van der Waals surface area contributed by atoms with Crippen molar-refractivity contribution in [3.05, 3.63) is 11.8 Å². The van der Waals surface area contributed by atoms with Gasteiger partial charge in [0.1, 0.15) is 5.82 Å². The minimum absolute atomic E-state index is 0.0400. The van der Waals surface area contributed by atoms with E-state index in [4.69, 9.17) is 9.84 Å². The summed E-state index contributed by atoms with van der Waals surface area (Å²) in [6, 6.07) is 2.03. The Morgan fingerprint density at radius 3 is 2.84 bits per heavy atom. The van der Waals surface area contributed by atoms with Crippen LogP contribution in [0.3, 0.4) is 0 Å². The van der Waals surface area contributed by atoms with Gasteiger partial charge in [0.2, 0.25) is 5.95 Å². The van der Waals surface area contributed by atoms with Crippen LogP contribution in [0.15, 0.2) is 6.07 Å². The lowest BCUT2D eigenvalue weighted by molar-refractivity contribution is 0.0410. The first-order valence-corrected chi connectivity index (χ1v) is 9.35. The molecule has 0 spiro atoms. The van der Waals surface area contributed by atoms with Gasteiger partial charge in [0.15, 0.2) is 0 Å². The molecule has 2 aliphatic rings.